The Balaban J connectivity index is 1.63. The van der Waals surface area contributed by atoms with Gasteiger partial charge in [0, 0.05) is 41.9 Å². The molecule has 2 heterocycles. The highest BCUT2D eigenvalue weighted by Crippen LogP contribution is 2.39. The summed E-state index contributed by atoms with van der Waals surface area (Å²) in [4.78, 5) is 19.5. The number of benzene rings is 1. The van der Waals surface area contributed by atoms with Gasteiger partial charge in [-0.3, -0.25) is 9.78 Å². The van der Waals surface area contributed by atoms with Crippen LogP contribution in [0.25, 0.3) is 0 Å². The van der Waals surface area contributed by atoms with Gasteiger partial charge < -0.3 is 14.4 Å². The predicted octanol–water partition coefficient (Wildman–Crippen LogP) is 3.21. The van der Waals surface area contributed by atoms with Crippen LogP contribution in [0.5, 0.6) is 11.5 Å². The minimum Gasteiger partial charge on any atom is -0.493 e. The minimum atomic E-state index is 0.172. The molecule has 0 spiro atoms. The number of ether oxygens (including phenoxy) is 2. The Kier molecular flexibility index (Phi) is 5.81. The second-order valence-electron chi connectivity index (χ2n) is 5.88. The van der Waals surface area contributed by atoms with E-state index in [0.29, 0.717) is 5.75 Å². The molecule has 1 fully saturated rings. The third-order valence-corrected chi connectivity index (χ3v) is 5.42. The lowest BCUT2D eigenvalue weighted by Crippen LogP contribution is -2.30. The molecule has 25 heavy (non-hydrogen) atoms. The van der Waals surface area contributed by atoms with Gasteiger partial charge in [0.05, 0.1) is 20.0 Å². The lowest BCUT2D eigenvalue weighted by molar-refractivity contribution is -0.127. The molecule has 0 saturated carbocycles. The number of carbonyl (C=O) groups excluding carboxylic acids is 1. The lowest BCUT2D eigenvalue weighted by Gasteiger charge is -2.19. The second-order valence-corrected chi connectivity index (χ2v) is 6.93. The van der Waals surface area contributed by atoms with E-state index in [9.17, 15) is 4.79 Å². The zero-order valence-electron chi connectivity index (χ0n) is 14.5. The molecule has 132 valence electrons. The number of methoxy groups -OCH3 is 2. The summed E-state index contributed by atoms with van der Waals surface area (Å²) in [6.07, 6.45) is 4.43. The number of rotatable bonds is 6. The molecule has 1 atom stereocenters. The fourth-order valence-electron chi connectivity index (χ4n) is 3.14. The molecule has 1 amide bonds. The van der Waals surface area contributed by atoms with Gasteiger partial charge in [-0.25, -0.2) is 0 Å². The minimum absolute atomic E-state index is 0.172. The summed E-state index contributed by atoms with van der Waals surface area (Å²) in [5, 5.41) is 0. The van der Waals surface area contributed by atoms with E-state index >= 15 is 0 Å². The Bertz CT molecular complexity index is 724. The number of likely N-dealkylation sites (tertiary alicyclic amines) is 1. The fraction of sp³-hybridized carbons (Fsp3) is 0.368. The molecule has 1 aliphatic heterocycles. The van der Waals surface area contributed by atoms with Crippen molar-refractivity contribution in [3.63, 3.8) is 0 Å². The van der Waals surface area contributed by atoms with Gasteiger partial charge in [-0.05, 0) is 24.6 Å². The molecule has 0 radical (unpaired) electrons. The SMILES string of the molecule is COc1cccc([C@@H]2CCN(C(=O)CSc3ccncc3)C2)c1OC. The summed E-state index contributed by atoms with van der Waals surface area (Å²) in [5.41, 5.74) is 1.11. The van der Waals surface area contributed by atoms with Crippen molar-refractivity contribution in [2.24, 2.45) is 0 Å². The highest BCUT2D eigenvalue weighted by Gasteiger charge is 2.29. The monoisotopic (exact) mass is 358 g/mol. The van der Waals surface area contributed by atoms with Crippen molar-refractivity contribution in [2.45, 2.75) is 17.2 Å². The Morgan fingerprint density at radius 3 is 2.76 bits per heavy atom. The van der Waals surface area contributed by atoms with E-state index in [4.69, 9.17) is 9.47 Å². The maximum atomic E-state index is 12.5. The Morgan fingerprint density at radius 2 is 2.04 bits per heavy atom. The van der Waals surface area contributed by atoms with Crippen molar-refractivity contribution >= 4 is 17.7 Å². The topological polar surface area (TPSA) is 51.7 Å². The molecule has 3 rings (SSSR count). The van der Waals surface area contributed by atoms with Crippen LogP contribution < -0.4 is 9.47 Å². The Labute approximate surface area is 152 Å². The van der Waals surface area contributed by atoms with Crippen LogP contribution in [0, 0.1) is 0 Å². The number of hydrogen-bond donors (Lipinski definition) is 0. The molecule has 0 N–H and O–H groups in total. The number of pyridine rings is 1. The molecular weight excluding hydrogens is 336 g/mol. The highest BCUT2D eigenvalue weighted by molar-refractivity contribution is 8.00. The van der Waals surface area contributed by atoms with Gasteiger partial charge in [0.1, 0.15) is 0 Å². The van der Waals surface area contributed by atoms with Crippen LogP contribution in [0.2, 0.25) is 0 Å². The van der Waals surface area contributed by atoms with E-state index in [1.165, 1.54) is 0 Å². The summed E-state index contributed by atoms with van der Waals surface area (Å²) in [6, 6.07) is 9.77. The molecule has 2 aromatic rings. The molecular formula is C19H22N2O3S. The van der Waals surface area contributed by atoms with Crippen molar-refractivity contribution in [1.29, 1.82) is 0 Å². The number of para-hydroxylation sites is 1. The quantitative estimate of drug-likeness (QED) is 0.742. The first kappa shape index (κ1) is 17.6. The van der Waals surface area contributed by atoms with Crippen LogP contribution in [0.4, 0.5) is 0 Å². The van der Waals surface area contributed by atoms with E-state index < -0.39 is 0 Å². The van der Waals surface area contributed by atoms with E-state index in [1.54, 1.807) is 38.4 Å². The first-order valence-electron chi connectivity index (χ1n) is 8.24. The molecule has 5 nitrogen and oxygen atoms in total. The maximum absolute atomic E-state index is 12.5. The third kappa shape index (κ3) is 4.07. The van der Waals surface area contributed by atoms with E-state index in [2.05, 4.69) is 11.1 Å². The molecule has 0 bridgehead atoms. The number of amides is 1. The van der Waals surface area contributed by atoms with Crippen molar-refractivity contribution < 1.29 is 14.3 Å². The zero-order valence-corrected chi connectivity index (χ0v) is 15.3. The first-order chi connectivity index (χ1) is 12.2. The number of aromatic nitrogens is 1. The zero-order chi connectivity index (χ0) is 17.6. The molecule has 1 aromatic heterocycles. The van der Waals surface area contributed by atoms with Gasteiger partial charge in [-0.15, -0.1) is 11.8 Å². The predicted molar refractivity (Wildman–Crippen MR) is 98.4 cm³/mol. The molecule has 1 saturated heterocycles. The molecule has 1 aromatic carbocycles. The van der Waals surface area contributed by atoms with E-state index in [-0.39, 0.29) is 11.8 Å². The first-order valence-corrected chi connectivity index (χ1v) is 9.23. The van der Waals surface area contributed by atoms with Crippen LogP contribution in [0.1, 0.15) is 17.9 Å². The van der Waals surface area contributed by atoms with E-state index in [0.717, 1.165) is 41.5 Å². The van der Waals surface area contributed by atoms with Crippen LogP contribution in [0.3, 0.4) is 0 Å². The number of hydrogen-bond acceptors (Lipinski definition) is 5. The van der Waals surface area contributed by atoms with Gasteiger partial charge in [0.25, 0.3) is 0 Å². The summed E-state index contributed by atoms with van der Waals surface area (Å²) >= 11 is 1.55. The summed E-state index contributed by atoms with van der Waals surface area (Å²) in [7, 11) is 3.30. The molecule has 0 unspecified atom stereocenters. The average molecular weight is 358 g/mol. The highest BCUT2D eigenvalue weighted by atomic mass is 32.2. The second kappa shape index (κ2) is 8.25. The molecule has 0 aliphatic carbocycles. The summed E-state index contributed by atoms with van der Waals surface area (Å²) < 4.78 is 10.9. The standard InChI is InChI=1S/C19H22N2O3S/c1-23-17-5-3-4-16(19(17)24-2)14-8-11-21(12-14)18(22)13-25-15-6-9-20-10-7-15/h3-7,9-10,14H,8,11-13H2,1-2H3/t14-/m1/s1. The number of carbonyl (C=O) groups is 1. The van der Waals surface area contributed by atoms with Crippen molar-refractivity contribution in [1.82, 2.24) is 9.88 Å². The van der Waals surface area contributed by atoms with Gasteiger partial charge in [0.2, 0.25) is 5.91 Å². The Morgan fingerprint density at radius 1 is 1.24 bits per heavy atom. The van der Waals surface area contributed by atoms with Crippen LogP contribution >= 0.6 is 11.8 Å². The van der Waals surface area contributed by atoms with Gasteiger partial charge >= 0.3 is 0 Å². The van der Waals surface area contributed by atoms with Gasteiger partial charge in [-0.2, -0.15) is 0 Å². The summed E-state index contributed by atoms with van der Waals surface area (Å²) in [6.45, 7) is 1.50. The Hall–Kier alpha value is -2.21. The van der Waals surface area contributed by atoms with Crippen molar-refractivity contribution in [3.8, 4) is 11.5 Å². The van der Waals surface area contributed by atoms with Gasteiger partial charge in [-0.1, -0.05) is 12.1 Å². The number of nitrogens with zero attached hydrogens (tertiary/aromatic N) is 2. The van der Waals surface area contributed by atoms with Crippen LogP contribution in [-0.4, -0.2) is 48.9 Å². The van der Waals surface area contributed by atoms with Crippen LogP contribution in [-0.2, 0) is 4.79 Å². The van der Waals surface area contributed by atoms with Crippen molar-refractivity contribution in [2.75, 3.05) is 33.1 Å². The summed E-state index contributed by atoms with van der Waals surface area (Å²) in [5.74, 6) is 2.41. The largest absolute Gasteiger partial charge is 0.493 e. The lowest BCUT2D eigenvalue weighted by atomic mass is 9.97. The van der Waals surface area contributed by atoms with E-state index in [1.807, 2.05) is 29.2 Å². The van der Waals surface area contributed by atoms with Crippen LogP contribution in [0.15, 0.2) is 47.6 Å². The molecule has 6 heteroatoms. The molecule has 1 aliphatic rings. The van der Waals surface area contributed by atoms with Crippen molar-refractivity contribution in [3.05, 3.63) is 48.3 Å². The maximum Gasteiger partial charge on any atom is 0.232 e. The normalized spacial score (nSPS) is 16.7. The third-order valence-electron chi connectivity index (χ3n) is 4.43. The fourth-order valence-corrected chi connectivity index (χ4v) is 3.93. The average Bonchev–Trinajstić information content (AvgIpc) is 3.16. The van der Waals surface area contributed by atoms with Gasteiger partial charge in [0.15, 0.2) is 11.5 Å². The smallest absolute Gasteiger partial charge is 0.232 e. The number of thioether (sulfide) groups is 1.